The van der Waals surface area contributed by atoms with Crippen LogP contribution in [0.3, 0.4) is 0 Å². The lowest BCUT2D eigenvalue weighted by Gasteiger charge is -2.19. The minimum Gasteiger partial charge on any atom is -0.481 e. The van der Waals surface area contributed by atoms with Crippen molar-refractivity contribution >= 4 is 17.8 Å². The van der Waals surface area contributed by atoms with Gasteiger partial charge in [0.2, 0.25) is 11.8 Å². The number of carbonyl (C=O) groups is 3. The van der Waals surface area contributed by atoms with Crippen molar-refractivity contribution in [3.05, 3.63) is 0 Å². The van der Waals surface area contributed by atoms with Gasteiger partial charge < -0.3 is 5.11 Å². The molecule has 1 N–H and O–H groups in total. The third kappa shape index (κ3) is 1.56. The molecular formula is C13H17NO4. The minimum absolute atomic E-state index is 0.0131. The summed E-state index contributed by atoms with van der Waals surface area (Å²) in [5, 5.41) is 8.59. The highest BCUT2D eigenvalue weighted by atomic mass is 16.4. The summed E-state index contributed by atoms with van der Waals surface area (Å²) in [5.74, 6) is -0.316. The third-order valence-corrected chi connectivity index (χ3v) is 4.79. The summed E-state index contributed by atoms with van der Waals surface area (Å²) in [6, 6.07) is 0. The first kappa shape index (κ1) is 11.7. The number of carboxylic acid groups (broad SMARTS) is 1. The number of nitrogens with zero attached hydrogens (tertiary/aromatic N) is 1. The molecule has 2 saturated carbocycles. The maximum Gasteiger partial charge on any atom is 0.303 e. The smallest absolute Gasteiger partial charge is 0.303 e. The number of aliphatic carboxylic acids is 1. The lowest BCUT2D eigenvalue weighted by molar-refractivity contribution is -0.142. The van der Waals surface area contributed by atoms with Crippen LogP contribution in [0.2, 0.25) is 0 Å². The van der Waals surface area contributed by atoms with Crippen LogP contribution < -0.4 is 0 Å². The number of hydrogen-bond donors (Lipinski definition) is 1. The van der Waals surface area contributed by atoms with Crippen LogP contribution in [-0.2, 0) is 14.4 Å². The highest BCUT2D eigenvalue weighted by Gasteiger charge is 2.60. The quantitative estimate of drug-likeness (QED) is 0.753. The van der Waals surface area contributed by atoms with Crippen molar-refractivity contribution < 1.29 is 19.5 Å². The van der Waals surface area contributed by atoms with Gasteiger partial charge in [-0.3, -0.25) is 19.3 Å². The Kier molecular flexibility index (Phi) is 2.64. The van der Waals surface area contributed by atoms with Crippen LogP contribution in [0.15, 0.2) is 0 Å². The Morgan fingerprint density at radius 3 is 2.22 bits per heavy atom. The van der Waals surface area contributed by atoms with E-state index in [1.807, 2.05) is 0 Å². The average Bonchev–Trinajstić information content (AvgIpc) is 2.97. The molecule has 3 aliphatic rings. The van der Waals surface area contributed by atoms with Crippen molar-refractivity contribution in [3.63, 3.8) is 0 Å². The molecule has 0 aromatic rings. The molecule has 1 aliphatic heterocycles. The second kappa shape index (κ2) is 4.07. The van der Waals surface area contributed by atoms with Gasteiger partial charge in [0.05, 0.1) is 11.8 Å². The number of hydrogen-bond acceptors (Lipinski definition) is 3. The molecule has 1 heterocycles. The fourth-order valence-electron chi connectivity index (χ4n) is 4.08. The molecule has 0 aromatic heterocycles. The van der Waals surface area contributed by atoms with Gasteiger partial charge in [-0.25, -0.2) is 0 Å². The van der Waals surface area contributed by atoms with Gasteiger partial charge in [-0.1, -0.05) is 0 Å². The fraction of sp³-hybridized carbons (Fsp3) is 0.769. The summed E-state index contributed by atoms with van der Waals surface area (Å²) in [5.41, 5.74) is 0. The predicted molar refractivity (Wildman–Crippen MR) is 61.4 cm³/mol. The van der Waals surface area contributed by atoms with Crippen LogP contribution in [0, 0.1) is 23.7 Å². The van der Waals surface area contributed by atoms with Crippen molar-refractivity contribution in [2.24, 2.45) is 23.7 Å². The number of amides is 2. The largest absolute Gasteiger partial charge is 0.481 e. The van der Waals surface area contributed by atoms with Gasteiger partial charge in [-0.15, -0.1) is 0 Å². The summed E-state index contributed by atoms with van der Waals surface area (Å²) in [7, 11) is 0. The first-order chi connectivity index (χ1) is 8.59. The molecule has 3 fully saturated rings. The first-order valence-corrected chi connectivity index (χ1v) is 6.66. The number of carbonyl (C=O) groups excluding carboxylic acids is 2. The van der Waals surface area contributed by atoms with E-state index in [4.69, 9.17) is 5.11 Å². The van der Waals surface area contributed by atoms with E-state index in [2.05, 4.69) is 0 Å². The molecule has 0 unspecified atom stereocenters. The highest BCUT2D eigenvalue weighted by molar-refractivity contribution is 6.06. The second-order valence-corrected chi connectivity index (χ2v) is 5.71. The summed E-state index contributed by atoms with van der Waals surface area (Å²) in [4.78, 5) is 36.2. The molecule has 98 valence electrons. The van der Waals surface area contributed by atoms with Crippen LogP contribution in [0.5, 0.6) is 0 Å². The van der Waals surface area contributed by atoms with E-state index in [-0.39, 0.29) is 36.6 Å². The SMILES string of the molecule is O=C(O)CCCN1C(=O)[C@@H]2[C@@H]3CC[C@H](C3)[C@H]2C1=O. The Labute approximate surface area is 105 Å². The van der Waals surface area contributed by atoms with Crippen molar-refractivity contribution in [2.45, 2.75) is 32.1 Å². The van der Waals surface area contributed by atoms with E-state index < -0.39 is 5.97 Å². The molecule has 0 radical (unpaired) electrons. The molecule has 18 heavy (non-hydrogen) atoms. The fourth-order valence-corrected chi connectivity index (χ4v) is 4.08. The lowest BCUT2D eigenvalue weighted by atomic mass is 9.81. The van der Waals surface area contributed by atoms with Gasteiger partial charge in [0.1, 0.15) is 0 Å². The van der Waals surface area contributed by atoms with Crippen molar-refractivity contribution in [2.75, 3.05) is 6.54 Å². The first-order valence-electron chi connectivity index (χ1n) is 6.66. The molecule has 2 aliphatic carbocycles. The molecular weight excluding hydrogens is 234 g/mol. The predicted octanol–water partition coefficient (Wildman–Crippen LogP) is 0.882. The Bertz CT molecular complexity index is 391. The summed E-state index contributed by atoms with van der Waals surface area (Å²) in [6.07, 6.45) is 3.57. The zero-order chi connectivity index (χ0) is 12.9. The molecule has 2 bridgehead atoms. The van der Waals surface area contributed by atoms with E-state index in [9.17, 15) is 14.4 Å². The van der Waals surface area contributed by atoms with E-state index in [1.54, 1.807) is 0 Å². The van der Waals surface area contributed by atoms with Crippen LogP contribution >= 0.6 is 0 Å². The van der Waals surface area contributed by atoms with Crippen LogP contribution in [0.25, 0.3) is 0 Å². The third-order valence-electron chi connectivity index (χ3n) is 4.79. The molecule has 3 rings (SSSR count). The van der Waals surface area contributed by atoms with Gasteiger partial charge in [-0.05, 0) is 37.5 Å². The van der Waals surface area contributed by atoms with Gasteiger partial charge in [0.15, 0.2) is 0 Å². The van der Waals surface area contributed by atoms with Gasteiger partial charge in [0, 0.05) is 13.0 Å². The standard InChI is InChI=1S/C13H17NO4/c15-9(16)2-1-5-14-12(17)10-7-3-4-8(6-7)11(10)13(14)18/h7-8,10-11H,1-6H2,(H,15,16)/t7-,8-,10-,11-/m1/s1. The van der Waals surface area contributed by atoms with Gasteiger partial charge in [0.25, 0.3) is 0 Å². The maximum absolute atomic E-state index is 12.2. The van der Waals surface area contributed by atoms with Crippen LogP contribution in [0.4, 0.5) is 0 Å². The summed E-state index contributed by atoms with van der Waals surface area (Å²) >= 11 is 0. The van der Waals surface area contributed by atoms with E-state index in [1.165, 1.54) is 4.90 Å². The van der Waals surface area contributed by atoms with E-state index >= 15 is 0 Å². The molecule has 4 atom stereocenters. The van der Waals surface area contributed by atoms with E-state index in [0.717, 1.165) is 19.3 Å². The van der Waals surface area contributed by atoms with Crippen molar-refractivity contribution in [1.29, 1.82) is 0 Å². The zero-order valence-electron chi connectivity index (χ0n) is 10.2. The molecule has 5 nitrogen and oxygen atoms in total. The number of rotatable bonds is 4. The number of likely N-dealkylation sites (tertiary alicyclic amines) is 1. The lowest BCUT2D eigenvalue weighted by Crippen LogP contribution is -2.33. The number of fused-ring (bicyclic) bond motifs is 5. The van der Waals surface area contributed by atoms with Crippen molar-refractivity contribution in [1.82, 2.24) is 4.90 Å². The number of carboxylic acids is 1. The molecule has 2 amide bonds. The minimum atomic E-state index is -0.880. The second-order valence-electron chi connectivity index (χ2n) is 5.71. The Balaban J connectivity index is 1.69. The van der Waals surface area contributed by atoms with Crippen LogP contribution in [-0.4, -0.2) is 34.3 Å². The molecule has 1 saturated heterocycles. The zero-order valence-corrected chi connectivity index (χ0v) is 10.2. The average molecular weight is 251 g/mol. The van der Waals surface area contributed by atoms with E-state index in [0.29, 0.717) is 18.3 Å². The van der Waals surface area contributed by atoms with Crippen molar-refractivity contribution in [3.8, 4) is 0 Å². The maximum atomic E-state index is 12.2. The normalized spacial score (nSPS) is 37.4. The Morgan fingerprint density at radius 2 is 1.72 bits per heavy atom. The molecule has 0 spiro atoms. The molecule has 0 aromatic carbocycles. The molecule has 5 heteroatoms. The highest BCUT2D eigenvalue weighted by Crippen LogP contribution is 2.56. The topological polar surface area (TPSA) is 74.7 Å². The summed E-state index contributed by atoms with van der Waals surface area (Å²) in [6.45, 7) is 0.274. The number of imide groups is 1. The Morgan fingerprint density at radius 1 is 1.17 bits per heavy atom. The Hall–Kier alpha value is -1.39. The van der Waals surface area contributed by atoms with Crippen LogP contribution in [0.1, 0.15) is 32.1 Å². The van der Waals surface area contributed by atoms with Gasteiger partial charge in [-0.2, -0.15) is 0 Å². The monoisotopic (exact) mass is 251 g/mol. The van der Waals surface area contributed by atoms with Gasteiger partial charge >= 0.3 is 5.97 Å². The summed E-state index contributed by atoms with van der Waals surface area (Å²) < 4.78 is 0.